The Bertz CT molecular complexity index is 2240. The summed E-state index contributed by atoms with van der Waals surface area (Å²) in [4.78, 5) is 35.5. The number of anilines is 3. The fraction of sp³-hybridized carbons (Fsp3) is 0.462. The Morgan fingerprint density at radius 1 is 1.11 bits per heavy atom. The number of rotatable bonds is 9. The predicted octanol–water partition coefficient (Wildman–Crippen LogP) is 6.18. The van der Waals surface area contributed by atoms with Crippen LogP contribution in [0.3, 0.4) is 0 Å². The lowest BCUT2D eigenvalue weighted by molar-refractivity contribution is -0.228. The molecular formula is C39H43F2N7O7. The molecule has 290 valence electrons. The molecule has 1 unspecified atom stereocenters. The number of pyridine rings is 2. The molecule has 14 nitrogen and oxygen atoms in total. The average molecular weight is 760 g/mol. The first-order valence-electron chi connectivity index (χ1n) is 18.2. The molecule has 0 aliphatic carbocycles. The van der Waals surface area contributed by atoms with Gasteiger partial charge in [0.15, 0.2) is 28.8 Å². The number of carbonyl (C=O) groups is 1. The molecule has 1 spiro atoms. The Balaban J connectivity index is 1.21. The van der Waals surface area contributed by atoms with E-state index < -0.39 is 41.6 Å². The van der Waals surface area contributed by atoms with Gasteiger partial charge >= 0.3 is 5.97 Å². The Morgan fingerprint density at radius 2 is 1.91 bits per heavy atom. The van der Waals surface area contributed by atoms with Gasteiger partial charge in [-0.3, -0.25) is 0 Å². The zero-order valence-corrected chi connectivity index (χ0v) is 31.5. The summed E-state index contributed by atoms with van der Waals surface area (Å²) in [6.07, 6.45) is -0.0733. The fourth-order valence-electron chi connectivity index (χ4n) is 7.60. The lowest BCUT2D eigenvalue weighted by atomic mass is 9.90. The van der Waals surface area contributed by atoms with Gasteiger partial charge in [0.05, 0.1) is 39.5 Å². The van der Waals surface area contributed by atoms with Crippen LogP contribution in [-0.2, 0) is 19.0 Å². The quantitative estimate of drug-likeness (QED) is 0.171. The summed E-state index contributed by atoms with van der Waals surface area (Å²) in [7, 11) is 3.36. The van der Waals surface area contributed by atoms with Crippen molar-refractivity contribution in [3.63, 3.8) is 0 Å². The van der Waals surface area contributed by atoms with Gasteiger partial charge < -0.3 is 43.2 Å². The lowest BCUT2D eigenvalue weighted by Crippen LogP contribution is -2.68. The third-order valence-corrected chi connectivity index (χ3v) is 10.3. The number of nitrogens with one attached hydrogen (secondary N) is 1. The molecule has 3 atom stereocenters. The first-order valence-corrected chi connectivity index (χ1v) is 18.2. The molecule has 55 heavy (non-hydrogen) atoms. The molecule has 3 fully saturated rings. The van der Waals surface area contributed by atoms with Crippen LogP contribution >= 0.6 is 0 Å². The van der Waals surface area contributed by atoms with Crippen molar-refractivity contribution in [1.82, 2.24) is 19.9 Å². The van der Waals surface area contributed by atoms with Crippen LogP contribution in [0.4, 0.5) is 26.1 Å². The molecule has 16 heteroatoms. The van der Waals surface area contributed by atoms with Crippen molar-refractivity contribution >= 4 is 45.4 Å². The summed E-state index contributed by atoms with van der Waals surface area (Å²) in [5.74, 6) is 0.285. The second kappa shape index (κ2) is 14.1. The van der Waals surface area contributed by atoms with Crippen molar-refractivity contribution < 1.29 is 41.7 Å². The van der Waals surface area contributed by atoms with Gasteiger partial charge in [0, 0.05) is 48.9 Å². The summed E-state index contributed by atoms with van der Waals surface area (Å²) in [6, 6.07) is 9.84. The zero-order chi connectivity index (χ0) is 38.6. The average Bonchev–Trinajstić information content (AvgIpc) is 3.75. The number of fused-ring (bicyclic) bond motifs is 3. The van der Waals surface area contributed by atoms with Crippen LogP contribution in [-0.4, -0.2) is 102 Å². The topological polar surface area (TPSA) is 146 Å². The van der Waals surface area contributed by atoms with E-state index in [-0.39, 0.29) is 35.9 Å². The number of methoxy groups -OCH3 is 1. The molecule has 0 bridgehead atoms. The molecule has 3 saturated heterocycles. The fourth-order valence-corrected chi connectivity index (χ4v) is 7.60. The van der Waals surface area contributed by atoms with E-state index in [0.29, 0.717) is 60.5 Å². The molecule has 1 aromatic carbocycles. The van der Waals surface area contributed by atoms with Gasteiger partial charge in [0.2, 0.25) is 5.88 Å². The predicted molar refractivity (Wildman–Crippen MR) is 200 cm³/mol. The summed E-state index contributed by atoms with van der Waals surface area (Å²) in [5, 5.41) is 3.63. The standard InChI is InChI=1S/C39H43F2N7O7/c1-21-39(19-51-20-39)52-14-13-47(21)26-15-22(24-11-12-43-33(42-5)30(24)50-6)17-44-36(26)53-23-16-27(37(49)55-38(2,3)4)48(18-23)35-31-29(45-34(46-35)32(40)41)25-9-7-8-10-28(25)54-31/h7-12,15,17,21,23,27,32H,13-14,16,18-20H2,1-6H3,(H,42,43)/t21-,23?,27-/m0/s1. The number of nitrogens with zero attached hydrogens (tertiary/aromatic N) is 6. The van der Waals surface area contributed by atoms with Crippen molar-refractivity contribution in [2.45, 2.75) is 69.9 Å². The Kier molecular flexibility index (Phi) is 9.36. The number of hydrogen-bond acceptors (Lipinski definition) is 14. The highest BCUT2D eigenvalue weighted by Gasteiger charge is 2.51. The number of furan rings is 1. The van der Waals surface area contributed by atoms with Gasteiger partial charge in [-0.05, 0) is 52.0 Å². The minimum Gasteiger partial charge on any atom is -0.492 e. The summed E-state index contributed by atoms with van der Waals surface area (Å²) in [6.45, 7) is 9.43. The smallest absolute Gasteiger partial charge is 0.329 e. The number of ether oxygens (including phenoxy) is 5. The molecule has 1 N–H and O–H groups in total. The van der Waals surface area contributed by atoms with Crippen molar-refractivity contribution in [3.8, 4) is 22.8 Å². The zero-order valence-electron chi connectivity index (χ0n) is 31.5. The first kappa shape index (κ1) is 36.6. The van der Waals surface area contributed by atoms with Crippen LogP contribution in [0, 0.1) is 0 Å². The molecule has 3 aliphatic rings. The molecule has 0 saturated carbocycles. The number of carbonyl (C=O) groups excluding carboxylic acids is 1. The van der Waals surface area contributed by atoms with E-state index in [4.69, 9.17) is 33.1 Å². The Morgan fingerprint density at radius 3 is 2.62 bits per heavy atom. The first-order chi connectivity index (χ1) is 26.4. The van der Waals surface area contributed by atoms with E-state index >= 15 is 0 Å². The van der Waals surface area contributed by atoms with E-state index in [1.54, 1.807) is 76.5 Å². The molecule has 0 radical (unpaired) electrons. The summed E-state index contributed by atoms with van der Waals surface area (Å²) in [5.41, 5.74) is 1.80. The van der Waals surface area contributed by atoms with Crippen LogP contribution in [0.2, 0.25) is 0 Å². The van der Waals surface area contributed by atoms with E-state index in [9.17, 15) is 13.6 Å². The SMILES string of the molecule is CNc1nccc(-c2cnc(OC3C[C@@H](C(=O)OC(C)(C)C)N(c4nc(C(F)F)nc5c4oc4ccccc45)C3)c(N3CCOC4(COC4)[C@@H]3C)c2)c1OC. The lowest BCUT2D eigenvalue weighted by Gasteiger charge is -2.53. The van der Waals surface area contributed by atoms with E-state index in [1.165, 1.54) is 0 Å². The van der Waals surface area contributed by atoms with Crippen molar-refractivity contribution in [3.05, 3.63) is 54.6 Å². The number of esters is 1. The van der Waals surface area contributed by atoms with E-state index in [0.717, 1.165) is 11.1 Å². The Labute approximate surface area is 316 Å². The largest absolute Gasteiger partial charge is 0.492 e. The number of para-hydroxylation sites is 1. The Hall–Kier alpha value is -5.35. The molecule has 3 aliphatic heterocycles. The van der Waals surface area contributed by atoms with Gasteiger partial charge in [0.25, 0.3) is 6.43 Å². The monoisotopic (exact) mass is 759 g/mol. The maximum atomic E-state index is 14.4. The number of morpholine rings is 1. The van der Waals surface area contributed by atoms with Gasteiger partial charge in [-0.2, -0.15) is 0 Å². The van der Waals surface area contributed by atoms with Crippen molar-refractivity contribution in [2.24, 2.45) is 0 Å². The molecule has 7 heterocycles. The maximum Gasteiger partial charge on any atom is 0.329 e. The highest BCUT2D eigenvalue weighted by atomic mass is 19.3. The van der Waals surface area contributed by atoms with Crippen LogP contribution < -0.4 is 24.6 Å². The van der Waals surface area contributed by atoms with Crippen LogP contribution in [0.1, 0.15) is 46.4 Å². The second-order valence-electron chi connectivity index (χ2n) is 15.0. The summed E-state index contributed by atoms with van der Waals surface area (Å²) < 4.78 is 65.2. The van der Waals surface area contributed by atoms with Crippen molar-refractivity contribution in [2.75, 3.05) is 62.2 Å². The van der Waals surface area contributed by atoms with E-state index in [2.05, 4.69) is 32.1 Å². The van der Waals surface area contributed by atoms with Crippen molar-refractivity contribution in [1.29, 1.82) is 0 Å². The van der Waals surface area contributed by atoms with E-state index in [1.807, 2.05) is 12.1 Å². The number of benzene rings is 1. The number of halogens is 2. The van der Waals surface area contributed by atoms with Crippen LogP contribution in [0.25, 0.3) is 33.2 Å². The molecule has 8 rings (SSSR count). The highest BCUT2D eigenvalue weighted by Crippen LogP contribution is 2.44. The highest BCUT2D eigenvalue weighted by molar-refractivity contribution is 6.06. The second-order valence-corrected chi connectivity index (χ2v) is 15.0. The summed E-state index contributed by atoms with van der Waals surface area (Å²) >= 11 is 0. The molecular weight excluding hydrogens is 716 g/mol. The van der Waals surface area contributed by atoms with Gasteiger partial charge in [0.1, 0.15) is 40.1 Å². The van der Waals surface area contributed by atoms with Gasteiger partial charge in [-0.15, -0.1) is 0 Å². The molecule has 5 aromatic rings. The molecule has 0 amide bonds. The third-order valence-electron chi connectivity index (χ3n) is 10.3. The minimum absolute atomic E-state index is 0.0563. The number of aromatic nitrogens is 4. The third kappa shape index (κ3) is 6.60. The van der Waals surface area contributed by atoms with Gasteiger partial charge in [-0.1, -0.05) is 12.1 Å². The van der Waals surface area contributed by atoms with Crippen LogP contribution in [0.15, 0.2) is 53.2 Å². The minimum atomic E-state index is -2.97. The normalized spacial score (nSPS) is 21.0. The number of alkyl halides is 2. The van der Waals surface area contributed by atoms with Crippen LogP contribution in [0.5, 0.6) is 11.6 Å². The maximum absolute atomic E-state index is 14.4. The molecule has 4 aromatic heterocycles. The van der Waals surface area contributed by atoms with Gasteiger partial charge in [-0.25, -0.2) is 33.5 Å². The number of hydrogen-bond donors (Lipinski definition) is 1.